The Morgan fingerprint density at radius 3 is 2.00 bits per heavy atom. The fourth-order valence-electron chi connectivity index (χ4n) is 1.28. The molecule has 0 saturated heterocycles. The molecule has 4 heteroatoms. The summed E-state index contributed by atoms with van der Waals surface area (Å²) >= 11 is 0. The van der Waals surface area contributed by atoms with Crippen LogP contribution in [0.2, 0.25) is 0 Å². The van der Waals surface area contributed by atoms with Crippen LogP contribution >= 0.6 is 0 Å². The molecule has 0 bridgehead atoms. The van der Waals surface area contributed by atoms with Gasteiger partial charge >= 0.3 is 0 Å². The molecule has 0 spiro atoms. The highest BCUT2D eigenvalue weighted by molar-refractivity contribution is 6.25. The van der Waals surface area contributed by atoms with Crippen LogP contribution in [-0.4, -0.2) is 11.7 Å². The minimum atomic E-state index is -0.788. The van der Waals surface area contributed by atoms with Crippen LogP contribution in [0.4, 0.5) is 0 Å². The lowest BCUT2D eigenvalue weighted by Gasteiger charge is -2.06. The number of benzene rings is 1. The first-order chi connectivity index (χ1) is 7.04. The standard InChI is InChI=1S/C11H12N2O2/c1-7(14)9(10(12)11(13)15)8-5-3-2-4-6-8/h2-6H,12H2,1H3,(H2,13,15). The number of amides is 1. The first-order valence-electron chi connectivity index (χ1n) is 4.40. The molecule has 15 heavy (non-hydrogen) atoms. The Balaban J connectivity index is 3.34. The average molecular weight is 204 g/mol. The summed E-state index contributed by atoms with van der Waals surface area (Å²) in [5.74, 6) is -1.07. The SMILES string of the molecule is CC(=O)C(=C(N)C(N)=O)c1ccccc1. The molecule has 0 heterocycles. The Kier molecular flexibility index (Phi) is 3.23. The fraction of sp³-hybridized carbons (Fsp3) is 0.0909. The maximum absolute atomic E-state index is 11.3. The lowest BCUT2D eigenvalue weighted by molar-refractivity contribution is -0.115. The fourth-order valence-corrected chi connectivity index (χ4v) is 1.28. The molecule has 0 aromatic heterocycles. The molecule has 0 radical (unpaired) electrons. The van der Waals surface area contributed by atoms with Crippen LogP contribution in [0.3, 0.4) is 0 Å². The van der Waals surface area contributed by atoms with Crippen molar-refractivity contribution in [2.24, 2.45) is 11.5 Å². The van der Waals surface area contributed by atoms with Gasteiger partial charge in [-0.05, 0) is 12.5 Å². The van der Waals surface area contributed by atoms with Crippen molar-refractivity contribution >= 4 is 17.3 Å². The Morgan fingerprint density at radius 2 is 1.60 bits per heavy atom. The van der Waals surface area contributed by atoms with Gasteiger partial charge in [-0.1, -0.05) is 30.3 Å². The Labute approximate surface area is 87.6 Å². The molecule has 1 amide bonds. The zero-order valence-corrected chi connectivity index (χ0v) is 8.36. The molecule has 0 aliphatic rings. The highest BCUT2D eigenvalue weighted by Crippen LogP contribution is 2.16. The molecule has 78 valence electrons. The highest BCUT2D eigenvalue weighted by atomic mass is 16.1. The van der Waals surface area contributed by atoms with Crippen LogP contribution in [0.1, 0.15) is 12.5 Å². The van der Waals surface area contributed by atoms with Crippen molar-refractivity contribution in [1.82, 2.24) is 0 Å². The molecule has 4 N–H and O–H groups in total. The van der Waals surface area contributed by atoms with Crippen molar-refractivity contribution in [2.45, 2.75) is 6.92 Å². The van der Waals surface area contributed by atoms with E-state index in [1.807, 2.05) is 6.07 Å². The van der Waals surface area contributed by atoms with Gasteiger partial charge in [0.15, 0.2) is 5.78 Å². The normalized spacial score (nSPS) is 11.8. The molecule has 1 aromatic carbocycles. The van der Waals surface area contributed by atoms with Gasteiger partial charge in [0.25, 0.3) is 5.91 Å². The van der Waals surface area contributed by atoms with E-state index in [4.69, 9.17) is 11.5 Å². The third-order valence-electron chi connectivity index (χ3n) is 1.95. The van der Waals surface area contributed by atoms with Crippen LogP contribution in [0.25, 0.3) is 5.57 Å². The predicted molar refractivity (Wildman–Crippen MR) is 57.4 cm³/mol. The first kappa shape index (κ1) is 11.0. The maximum atomic E-state index is 11.3. The van der Waals surface area contributed by atoms with E-state index < -0.39 is 5.91 Å². The van der Waals surface area contributed by atoms with Gasteiger partial charge in [0.1, 0.15) is 5.70 Å². The summed E-state index contributed by atoms with van der Waals surface area (Å²) in [6.07, 6.45) is 0. The monoisotopic (exact) mass is 204 g/mol. The van der Waals surface area contributed by atoms with Crippen LogP contribution in [0.15, 0.2) is 36.0 Å². The maximum Gasteiger partial charge on any atom is 0.265 e. The molecule has 0 fully saturated rings. The van der Waals surface area contributed by atoms with Gasteiger partial charge in [-0.2, -0.15) is 0 Å². The van der Waals surface area contributed by atoms with Gasteiger partial charge in [-0.15, -0.1) is 0 Å². The molecule has 1 aromatic rings. The Hall–Kier alpha value is -2.10. The number of nitrogens with two attached hydrogens (primary N) is 2. The number of Topliss-reactive ketones (excluding diaryl/α,β-unsaturated/α-hetero) is 1. The second-order valence-electron chi connectivity index (χ2n) is 3.08. The largest absolute Gasteiger partial charge is 0.394 e. The van der Waals surface area contributed by atoms with E-state index in [2.05, 4.69) is 0 Å². The van der Waals surface area contributed by atoms with E-state index in [0.29, 0.717) is 5.56 Å². The summed E-state index contributed by atoms with van der Waals surface area (Å²) in [4.78, 5) is 22.3. The third kappa shape index (κ3) is 2.43. The quantitative estimate of drug-likeness (QED) is 0.700. The Morgan fingerprint density at radius 1 is 1.07 bits per heavy atom. The predicted octanol–water partition coefficient (Wildman–Crippen LogP) is 0.431. The van der Waals surface area contributed by atoms with Crippen LogP contribution in [-0.2, 0) is 9.59 Å². The molecule has 0 aliphatic heterocycles. The molecule has 0 unspecified atom stereocenters. The minimum absolute atomic E-state index is 0.170. The lowest BCUT2D eigenvalue weighted by atomic mass is 10.0. The number of ketones is 1. The zero-order chi connectivity index (χ0) is 11.4. The van der Waals surface area contributed by atoms with Gasteiger partial charge in [0, 0.05) is 0 Å². The summed E-state index contributed by atoms with van der Waals surface area (Å²) in [7, 11) is 0. The summed E-state index contributed by atoms with van der Waals surface area (Å²) in [6, 6.07) is 8.72. The number of carbonyl (C=O) groups is 2. The smallest absolute Gasteiger partial charge is 0.265 e. The van der Waals surface area contributed by atoms with Crippen molar-refractivity contribution in [1.29, 1.82) is 0 Å². The number of hydrogen-bond donors (Lipinski definition) is 2. The van der Waals surface area contributed by atoms with E-state index in [1.54, 1.807) is 24.3 Å². The Bertz CT molecular complexity index is 421. The average Bonchev–Trinajstić information content (AvgIpc) is 2.18. The van der Waals surface area contributed by atoms with Crippen LogP contribution in [0, 0.1) is 0 Å². The van der Waals surface area contributed by atoms with E-state index in [-0.39, 0.29) is 17.1 Å². The molecule has 0 atom stereocenters. The van der Waals surface area contributed by atoms with Crippen molar-refractivity contribution in [2.75, 3.05) is 0 Å². The van der Waals surface area contributed by atoms with Crippen molar-refractivity contribution in [3.05, 3.63) is 41.6 Å². The third-order valence-corrected chi connectivity index (χ3v) is 1.95. The highest BCUT2D eigenvalue weighted by Gasteiger charge is 2.14. The van der Waals surface area contributed by atoms with E-state index in [9.17, 15) is 9.59 Å². The van der Waals surface area contributed by atoms with E-state index in [1.165, 1.54) is 6.92 Å². The summed E-state index contributed by atoms with van der Waals surface area (Å²) in [5.41, 5.74) is 11.1. The van der Waals surface area contributed by atoms with E-state index >= 15 is 0 Å². The van der Waals surface area contributed by atoms with Crippen molar-refractivity contribution < 1.29 is 9.59 Å². The minimum Gasteiger partial charge on any atom is -0.394 e. The second kappa shape index (κ2) is 4.41. The first-order valence-corrected chi connectivity index (χ1v) is 4.40. The van der Waals surface area contributed by atoms with Crippen LogP contribution in [0.5, 0.6) is 0 Å². The lowest BCUT2D eigenvalue weighted by Crippen LogP contribution is -2.23. The second-order valence-corrected chi connectivity index (χ2v) is 3.08. The number of allylic oxidation sites excluding steroid dienone is 1. The van der Waals surface area contributed by atoms with Gasteiger partial charge < -0.3 is 11.5 Å². The molecular weight excluding hydrogens is 192 g/mol. The molecule has 4 nitrogen and oxygen atoms in total. The molecule has 0 saturated carbocycles. The summed E-state index contributed by atoms with van der Waals surface area (Å²) in [5, 5.41) is 0. The zero-order valence-electron chi connectivity index (χ0n) is 8.36. The van der Waals surface area contributed by atoms with Crippen molar-refractivity contribution in [3.63, 3.8) is 0 Å². The van der Waals surface area contributed by atoms with Crippen molar-refractivity contribution in [3.8, 4) is 0 Å². The molecule has 1 rings (SSSR count). The van der Waals surface area contributed by atoms with Gasteiger partial charge in [-0.25, -0.2) is 0 Å². The topological polar surface area (TPSA) is 86.2 Å². The number of carbonyl (C=O) groups excluding carboxylic acids is 2. The summed E-state index contributed by atoms with van der Waals surface area (Å²) < 4.78 is 0. The van der Waals surface area contributed by atoms with Gasteiger partial charge in [0.2, 0.25) is 0 Å². The van der Waals surface area contributed by atoms with Crippen LogP contribution < -0.4 is 11.5 Å². The summed E-state index contributed by atoms with van der Waals surface area (Å²) in [6.45, 7) is 1.35. The van der Waals surface area contributed by atoms with E-state index in [0.717, 1.165) is 0 Å². The number of hydrogen-bond acceptors (Lipinski definition) is 3. The molecular formula is C11H12N2O2. The molecule has 0 aliphatic carbocycles. The van der Waals surface area contributed by atoms with Gasteiger partial charge in [0.05, 0.1) is 5.57 Å². The number of primary amides is 1. The van der Waals surface area contributed by atoms with Gasteiger partial charge in [-0.3, -0.25) is 9.59 Å². The number of rotatable bonds is 3.